The number of aromatic nitrogens is 2. The highest BCUT2D eigenvalue weighted by Crippen LogP contribution is 2.31. The summed E-state index contributed by atoms with van der Waals surface area (Å²) in [5, 5.41) is 7.72. The van der Waals surface area contributed by atoms with Crippen molar-refractivity contribution in [3.8, 4) is 5.75 Å². The van der Waals surface area contributed by atoms with Crippen LogP contribution >= 0.6 is 0 Å². The molecule has 2 aromatic rings. The molecule has 0 aliphatic rings. The fourth-order valence-electron chi connectivity index (χ4n) is 2.21. The lowest BCUT2D eigenvalue weighted by Gasteiger charge is -2.20. The molecule has 1 atom stereocenters. The average molecular weight is 277 g/mol. The summed E-state index contributed by atoms with van der Waals surface area (Å²) in [4.78, 5) is 0. The molecule has 0 spiro atoms. The van der Waals surface area contributed by atoms with Gasteiger partial charge in [0.1, 0.15) is 11.6 Å². The second-order valence-electron chi connectivity index (χ2n) is 4.66. The zero-order chi connectivity index (χ0) is 14.5. The van der Waals surface area contributed by atoms with Crippen molar-refractivity contribution in [2.24, 2.45) is 7.05 Å². The molecule has 0 saturated heterocycles. The zero-order valence-corrected chi connectivity index (χ0v) is 12.1. The van der Waals surface area contributed by atoms with E-state index in [1.54, 1.807) is 23.9 Å². The van der Waals surface area contributed by atoms with Crippen molar-refractivity contribution < 1.29 is 9.13 Å². The van der Waals surface area contributed by atoms with Crippen LogP contribution in [0.4, 0.5) is 4.39 Å². The Bertz CT molecular complexity index is 568. The van der Waals surface area contributed by atoms with Crippen LogP contribution in [0.5, 0.6) is 5.75 Å². The number of nitrogens with one attached hydrogen (secondary N) is 1. The minimum atomic E-state index is -0.313. The van der Waals surface area contributed by atoms with Gasteiger partial charge in [0.25, 0.3) is 0 Å². The normalized spacial score (nSPS) is 12.4. The number of rotatable bonds is 6. The van der Waals surface area contributed by atoms with Crippen LogP contribution in [-0.2, 0) is 7.05 Å². The van der Waals surface area contributed by atoms with Crippen LogP contribution in [0.1, 0.15) is 30.6 Å². The second kappa shape index (κ2) is 6.52. The first kappa shape index (κ1) is 14.5. The Balaban J connectivity index is 2.46. The molecule has 0 fully saturated rings. The maximum absolute atomic E-state index is 14.3. The maximum atomic E-state index is 14.3. The standard InChI is InChI=1S/C15H20FN3O/c1-4-9-17-15(12-8-10-19(2)18-12)14-11(16)6-5-7-13(14)20-3/h5-8,10,15,17H,4,9H2,1-3H3. The van der Waals surface area contributed by atoms with Crippen molar-refractivity contribution in [2.75, 3.05) is 13.7 Å². The third kappa shape index (κ3) is 2.99. The summed E-state index contributed by atoms with van der Waals surface area (Å²) >= 11 is 0. The predicted octanol–water partition coefficient (Wildman–Crippen LogP) is 2.66. The molecule has 1 aromatic carbocycles. The average Bonchev–Trinajstić information content (AvgIpc) is 2.87. The highest BCUT2D eigenvalue weighted by Gasteiger charge is 2.23. The van der Waals surface area contributed by atoms with Gasteiger partial charge >= 0.3 is 0 Å². The van der Waals surface area contributed by atoms with E-state index in [0.717, 1.165) is 18.7 Å². The van der Waals surface area contributed by atoms with Gasteiger partial charge in [-0.15, -0.1) is 0 Å². The SMILES string of the molecule is CCCNC(c1ccn(C)n1)c1c(F)cccc1OC. The third-order valence-corrected chi connectivity index (χ3v) is 3.15. The van der Waals surface area contributed by atoms with E-state index in [1.807, 2.05) is 19.3 Å². The van der Waals surface area contributed by atoms with Gasteiger partial charge < -0.3 is 10.1 Å². The highest BCUT2D eigenvalue weighted by atomic mass is 19.1. The fraction of sp³-hybridized carbons (Fsp3) is 0.400. The smallest absolute Gasteiger partial charge is 0.132 e. The molecule has 2 rings (SSSR count). The predicted molar refractivity (Wildman–Crippen MR) is 76.3 cm³/mol. The van der Waals surface area contributed by atoms with E-state index in [9.17, 15) is 4.39 Å². The van der Waals surface area contributed by atoms with Gasteiger partial charge in [-0.1, -0.05) is 13.0 Å². The zero-order valence-electron chi connectivity index (χ0n) is 12.1. The van der Waals surface area contributed by atoms with E-state index < -0.39 is 0 Å². The molecule has 1 aromatic heterocycles. The molecule has 0 saturated carbocycles. The largest absolute Gasteiger partial charge is 0.496 e. The van der Waals surface area contributed by atoms with Crippen LogP contribution < -0.4 is 10.1 Å². The molecule has 0 bridgehead atoms. The number of hydrogen-bond donors (Lipinski definition) is 1. The monoisotopic (exact) mass is 277 g/mol. The minimum absolute atomic E-state index is 0.288. The molecule has 0 aliphatic heterocycles. The van der Waals surface area contributed by atoms with Crippen LogP contribution in [0, 0.1) is 5.82 Å². The summed E-state index contributed by atoms with van der Waals surface area (Å²) in [6, 6.07) is 6.43. The molecule has 108 valence electrons. The van der Waals surface area contributed by atoms with Gasteiger partial charge in [-0.2, -0.15) is 5.10 Å². The van der Waals surface area contributed by atoms with Crippen LogP contribution in [0.2, 0.25) is 0 Å². The van der Waals surface area contributed by atoms with Crippen molar-refractivity contribution >= 4 is 0 Å². The highest BCUT2D eigenvalue weighted by molar-refractivity contribution is 5.41. The number of methoxy groups -OCH3 is 1. The summed E-state index contributed by atoms with van der Waals surface area (Å²) in [6.07, 6.45) is 2.81. The maximum Gasteiger partial charge on any atom is 0.132 e. The van der Waals surface area contributed by atoms with Crippen molar-refractivity contribution in [3.63, 3.8) is 0 Å². The summed E-state index contributed by atoms with van der Waals surface area (Å²) in [6.45, 7) is 2.85. The number of aryl methyl sites for hydroxylation is 1. The summed E-state index contributed by atoms with van der Waals surface area (Å²) in [7, 11) is 3.40. The van der Waals surface area contributed by atoms with Crippen LogP contribution in [0.15, 0.2) is 30.5 Å². The second-order valence-corrected chi connectivity index (χ2v) is 4.66. The van der Waals surface area contributed by atoms with Gasteiger partial charge in [-0.05, 0) is 31.2 Å². The van der Waals surface area contributed by atoms with Gasteiger partial charge in [-0.25, -0.2) is 4.39 Å². The van der Waals surface area contributed by atoms with E-state index in [4.69, 9.17) is 4.74 Å². The van der Waals surface area contributed by atoms with Crippen LogP contribution in [0.25, 0.3) is 0 Å². The first-order chi connectivity index (χ1) is 9.67. The number of ether oxygens (including phenoxy) is 1. The van der Waals surface area contributed by atoms with E-state index >= 15 is 0 Å². The van der Waals surface area contributed by atoms with Crippen molar-refractivity contribution in [2.45, 2.75) is 19.4 Å². The van der Waals surface area contributed by atoms with Gasteiger partial charge in [-0.3, -0.25) is 4.68 Å². The summed E-state index contributed by atoms with van der Waals surface area (Å²) in [5.74, 6) is 0.243. The molecule has 4 nitrogen and oxygen atoms in total. The van der Waals surface area contributed by atoms with Gasteiger partial charge in [0.05, 0.1) is 24.4 Å². The Labute approximate surface area is 118 Å². The first-order valence-corrected chi connectivity index (χ1v) is 6.72. The number of benzene rings is 1. The Morgan fingerprint density at radius 1 is 1.40 bits per heavy atom. The lowest BCUT2D eigenvalue weighted by molar-refractivity contribution is 0.395. The molecule has 20 heavy (non-hydrogen) atoms. The molecule has 1 heterocycles. The first-order valence-electron chi connectivity index (χ1n) is 6.72. The van der Waals surface area contributed by atoms with Crippen molar-refractivity contribution in [1.82, 2.24) is 15.1 Å². The van der Waals surface area contributed by atoms with Gasteiger partial charge in [0.15, 0.2) is 0 Å². The molecular weight excluding hydrogens is 257 g/mol. The molecule has 5 heteroatoms. The Morgan fingerprint density at radius 3 is 2.80 bits per heavy atom. The van der Waals surface area contributed by atoms with Gasteiger partial charge in [0.2, 0.25) is 0 Å². The van der Waals surface area contributed by atoms with E-state index in [2.05, 4.69) is 17.3 Å². The van der Waals surface area contributed by atoms with E-state index in [-0.39, 0.29) is 11.9 Å². The quantitative estimate of drug-likeness (QED) is 0.882. The molecular formula is C15H20FN3O. The lowest BCUT2D eigenvalue weighted by atomic mass is 10.0. The van der Waals surface area contributed by atoms with Crippen LogP contribution in [0.3, 0.4) is 0 Å². The van der Waals surface area contributed by atoms with Gasteiger partial charge in [0, 0.05) is 13.2 Å². The molecule has 0 amide bonds. The van der Waals surface area contributed by atoms with E-state index in [0.29, 0.717) is 11.3 Å². The Morgan fingerprint density at radius 2 is 2.20 bits per heavy atom. The van der Waals surface area contributed by atoms with Crippen molar-refractivity contribution in [3.05, 3.63) is 47.5 Å². The lowest BCUT2D eigenvalue weighted by Crippen LogP contribution is -2.25. The molecule has 1 unspecified atom stereocenters. The number of nitrogens with zero attached hydrogens (tertiary/aromatic N) is 2. The molecule has 1 N–H and O–H groups in total. The van der Waals surface area contributed by atoms with E-state index in [1.165, 1.54) is 6.07 Å². The Hall–Kier alpha value is -1.88. The summed E-state index contributed by atoms with van der Waals surface area (Å²) < 4.78 is 21.3. The van der Waals surface area contributed by atoms with Crippen molar-refractivity contribution in [1.29, 1.82) is 0 Å². The molecule has 0 radical (unpaired) electrons. The van der Waals surface area contributed by atoms with Crippen LogP contribution in [-0.4, -0.2) is 23.4 Å². The topological polar surface area (TPSA) is 39.1 Å². The number of halogens is 1. The number of hydrogen-bond acceptors (Lipinski definition) is 3. The third-order valence-electron chi connectivity index (χ3n) is 3.15. The Kier molecular flexibility index (Phi) is 4.74. The molecule has 0 aliphatic carbocycles. The fourth-order valence-corrected chi connectivity index (χ4v) is 2.21. The minimum Gasteiger partial charge on any atom is -0.496 e. The summed E-state index contributed by atoms with van der Waals surface area (Å²) in [5.41, 5.74) is 1.28.